The number of rotatable bonds is 5. The fourth-order valence-corrected chi connectivity index (χ4v) is 2.43. The molecule has 1 aromatic heterocycles. The molecule has 0 aliphatic rings. The van der Waals surface area contributed by atoms with Crippen LogP contribution in [0, 0.1) is 0 Å². The smallest absolute Gasteiger partial charge is 0.131 e. The normalized spacial score (nSPS) is 10.6. The van der Waals surface area contributed by atoms with E-state index in [0.717, 1.165) is 17.8 Å². The van der Waals surface area contributed by atoms with Crippen molar-refractivity contribution < 1.29 is 4.74 Å². The predicted octanol–water partition coefficient (Wildman–Crippen LogP) is 2.85. The summed E-state index contributed by atoms with van der Waals surface area (Å²) in [6.45, 7) is 2.45. The van der Waals surface area contributed by atoms with Crippen LogP contribution < -0.4 is 10.5 Å². The molecule has 0 saturated carbocycles. The second kappa shape index (κ2) is 6.24. The summed E-state index contributed by atoms with van der Waals surface area (Å²) >= 11 is 11.1. The maximum Gasteiger partial charge on any atom is 0.131 e. The van der Waals surface area contributed by atoms with Gasteiger partial charge in [0, 0.05) is 7.05 Å². The van der Waals surface area contributed by atoms with Gasteiger partial charge < -0.3 is 10.5 Å². The number of benzene rings is 1. The molecular formula is C14H16ClN3OS. The first kappa shape index (κ1) is 14.8. The molecule has 2 N–H and O–H groups in total. The minimum absolute atomic E-state index is 0.227. The Kier molecular flexibility index (Phi) is 4.62. The molecule has 0 bridgehead atoms. The van der Waals surface area contributed by atoms with E-state index in [4.69, 9.17) is 34.3 Å². The van der Waals surface area contributed by atoms with E-state index in [9.17, 15) is 0 Å². The molecule has 0 aliphatic heterocycles. The van der Waals surface area contributed by atoms with Gasteiger partial charge in [-0.05, 0) is 24.6 Å². The fourth-order valence-electron chi connectivity index (χ4n) is 1.89. The van der Waals surface area contributed by atoms with Gasteiger partial charge in [0.2, 0.25) is 0 Å². The highest BCUT2D eigenvalue weighted by atomic mass is 35.5. The van der Waals surface area contributed by atoms with Crippen molar-refractivity contribution in [1.29, 1.82) is 0 Å². The van der Waals surface area contributed by atoms with E-state index < -0.39 is 0 Å². The Bertz CT molecular complexity index is 639. The number of hydrogen-bond donors (Lipinski definition) is 1. The summed E-state index contributed by atoms with van der Waals surface area (Å²) in [5, 5.41) is 4.87. The summed E-state index contributed by atoms with van der Waals surface area (Å²) in [6.07, 6.45) is 0.892. The molecule has 106 valence electrons. The molecule has 1 aromatic carbocycles. The summed E-state index contributed by atoms with van der Waals surface area (Å²) in [5.41, 5.74) is 8.28. The van der Waals surface area contributed by atoms with Gasteiger partial charge >= 0.3 is 0 Å². The minimum Gasteiger partial charge on any atom is -0.487 e. The number of nitrogens with two attached hydrogens (primary N) is 1. The molecule has 0 amide bonds. The summed E-state index contributed by atoms with van der Waals surface area (Å²) in [5.74, 6) is 0.587. The van der Waals surface area contributed by atoms with Crippen LogP contribution in [0.1, 0.15) is 23.9 Å². The zero-order valence-corrected chi connectivity index (χ0v) is 13.0. The van der Waals surface area contributed by atoms with Crippen molar-refractivity contribution in [3.05, 3.63) is 46.2 Å². The zero-order valence-electron chi connectivity index (χ0n) is 11.4. The average molecular weight is 310 g/mol. The van der Waals surface area contributed by atoms with E-state index in [1.165, 1.54) is 0 Å². The molecule has 0 saturated heterocycles. The number of halogens is 1. The minimum atomic E-state index is 0.227. The van der Waals surface area contributed by atoms with Crippen molar-refractivity contribution in [1.82, 2.24) is 9.78 Å². The Labute approximate surface area is 128 Å². The van der Waals surface area contributed by atoms with E-state index in [1.807, 2.05) is 17.8 Å². The van der Waals surface area contributed by atoms with E-state index in [1.54, 1.807) is 18.2 Å². The van der Waals surface area contributed by atoms with E-state index in [0.29, 0.717) is 22.9 Å². The third-order valence-corrected chi connectivity index (χ3v) is 3.51. The lowest BCUT2D eigenvalue weighted by atomic mass is 10.2. The first-order valence-electron chi connectivity index (χ1n) is 6.25. The first-order chi connectivity index (χ1) is 9.52. The lowest BCUT2D eigenvalue weighted by Crippen LogP contribution is -2.13. The Hall–Kier alpha value is -1.59. The average Bonchev–Trinajstić information content (AvgIpc) is 2.76. The van der Waals surface area contributed by atoms with Crippen LogP contribution in [0.2, 0.25) is 5.02 Å². The second-order valence-electron chi connectivity index (χ2n) is 4.37. The van der Waals surface area contributed by atoms with Gasteiger partial charge in [-0.15, -0.1) is 0 Å². The molecule has 20 heavy (non-hydrogen) atoms. The molecule has 0 aliphatic carbocycles. The van der Waals surface area contributed by atoms with Crippen molar-refractivity contribution in [2.45, 2.75) is 20.0 Å². The van der Waals surface area contributed by atoms with Crippen molar-refractivity contribution >= 4 is 28.8 Å². The molecule has 4 nitrogen and oxygen atoms in total. The molecule has 2 aromatic rings. The van der Waals surface area contributed by atoms with Crippen LogP contribution in [0.4, 0.5) is 0 Å². The van der Waals surface area contributed by atoms with Crippen molar-refractivity contribution in [3.8, 4) is 5.75 Å². The van der Waals surface area contributed by atoms with Crippen LogP contribution in [0.25, 0.3) is 0 Å². The van der Waals surface area contributed by atoms with E-state index >= 15 is 0 Å². The van der Waals surface area contributed by atoms with Gasteiger partial charge in [0.05, 0.1) is 22.0 Å². The van der Waals surface area contributed by atoms with Crippen molar-refractivity contribution in [3.63, 3.8) is 0 Å². The lowest BCUT2D eigenvalue weighted by molar-refractivity contribution is 0.294. The number of hydrogen-bond acceptors (Lipinski definition) is 3. The molecule has 0 unspecified atom stereocenters. The predicted molar refractivity (Wildman–Crippen MR) is 84.3 cm³/mol. The highest BCUT2D eigenvalue weighted by Crippen LogP contribution is 2.27. The number of nitrogens with zero attached hydrogens (tertiary/aromatic N) is 2. The third kappa shape index (κ3) is 3.11. The standard InChI is InChI=1S/C14H16ClN3OS/c1-3-9-7-10(18(2)17-9)8-19-12-6-4-5-11(15)13(12)14(16)20/h4-7H,3,8H2,1-2H3,(H2,16,20). The SMILES string of the molecule is CCc1cc(COc2cccc(Cl)c2C(N)=S)n(C)n1. The molecule has 2 rings (SSSR count). The van der Waals surface area contributed by atoms with Gasteiger partial charge in [0.25, 0.3) is 0 Å². The molecule has 1 heterocycles. The summed E-state index contributed by atoms with van der Waals surface area (Å²) in [4.78, 5) is 0.227. The highest BCUT2D eigenvalue weighted by Gasteiger charge is 2.12. The summed E-state index contributed by atoms with van der Waals surface area (Å²) in [7, 11) is 1.89. The summed E-state index contributed by atoms with van der Waals surface area (Å²) in [6, 6.07) is 7.37. The van der Waals surface area contributed by atoms with Crippen LogP contribution in [-0.4, -0.2) is 14.8 Å². The molecule has 0 spiro atoms. The first-order valence-corrected chi connectivity index (χ1v) is 7.04. The molecule has 0 fully saturated rings. The number of thiocarbonyl (C=S) groups is 1. The Morgan fingerprint density at radius 2 is 2.25 bits per heavy atom. The van der Waals surface area contributed by atoms with Gasteiger partial charge in [-0.25, -0.2) is 0 Å². The van der Waals surface area contributed by atoms with Crippen LogP contribution in [0.3, 0.4) is 0 Å². The monoisotopic (exact) mass is 309 g/mol. The highest BCUT2D eigenvalue weighted by molar-refractivity contribution is 7.80. The number of aromatic nitrogens is 2. The molecule has 6 heteroatoms. The third-order valence-electron chi connectivity index (χ3n) is 2.99. The van der Waals surface area contributed by atoms with Crippen LogP contribution in [-0.2, 0) is 20.1 Å². The zero-order chi connectivity index (χ0) is 14.7. The molecule has 0 radical (unpaired) electrons. The van der Waals surface area contributed by atoms with E-state index in [2.05, 4.69) is 12.0 Å². The maximum atomic E-state index is 6.10. The number of ether oxygens (including phenoxy) is 1. The quantitative estimate of drug-likeness (QED) is 0.863. The van der Waals surface area contributed by atoms with Gasteiger partial charge in [0.1, 0.15) is 17.3 Å². The Morgan fingerprint density at radius 3 is 2.85 bits per heavy atom. The van der Waals surface area contributed by atoms with Crippen molar-refractivity contribution in [2.75, 3.05) is 0 Å². The molecular weight excluding hydrogens is 294 g/mol. The number of aryl methyl sites for hydroxylation is 2. The van der Waals surface area contributed by atoms with Crippen LogP contribution >= 0.6 is 23.8 Å². The topological polar surface area (TPSA) is 53.1 Å². The molecule has 0 atom stereocenters. The summed E-state index contributed by atoms with van der Waals surface area (Å²) < 4.78 is 7.60. The van der Waals surface area contributed by atoms with Gasteiger partial charge in [-0.1, -0.05) is 36.8 Å². The largest absolute Gasteiger partial charge is 0.487 e. The lowest BCUT2D eigenvalue weighted by Gasteiger charge is -2.11. The van der Waals surface area contributed by atoms with Crippen molar-refractivity contribution in [2.24, 2.45) is 12.8 Å². The van der Waals surface area contributed by atoms with Gasteiger partial charge in [-0.2, -0.15) is 5.10 Å². The van der Waals surface area contributed by atoms with Gasteiger partial charge in [-0.3, -0.25) is 4.68 Å². The van der Waals surface area contributed by atoms with Crippen LogP contribution in [0.15, 0.2) is 24.3 Å². The van der Waals surface area contributed by atoms with Gasteiger partial charge in [0.15, 0.2) is 0 Å². The van der Waals surface area contributed by atoms with Crippen LogP contribution in [0.5, 0.6) is 5.75 Å². The van der Waals surface area contributed by atoms with E-state index in [-0.39, 0.29) is 4.99 Å². The second-order valence-corrected chi connectivity index (χ2v) is 5.22. The fraction of sp³-hybridized carbons (Fsp3) is 0.286. The Balaban J connectivity index is 2.20. The maximum absolute atomic E-state index is 6.10. The Morgan fingerprint density at radius 1 is 1.50 bits per heavy atom.